The summed E-state index contributed by atoms with van der Waals surface area (Å²) in [4.78, 5) is 25.1. The zero-order chi connectivity index (χ0) is 19.6. The number of carbonyl (C=O) groups is 2. The Kier molecular flexibility index (Phi) is 6.09. The fraction of sp³-hybridized carbons (Fsp3) is 0.500. The molecule has 1 aromatic carbocycles. The topological polar surface area (TPSA) is 73.9 Å². The van der Waals surface area contributed by atoms with Crippen LogP contribution in [0.4, 0.5) is 0 Å². The van der Waals surface area contributed by atoms with Gasteiger partial charge in [0.15, 0.2) is 11.5 Å². The van der Waals surface area contributed by atoms with Crippen molar-refractivity contribution in [1.29, 1.82) is 0 Å². The molecular formula is C20H24BrNO5. The summed E-state index contributed by atoms with van der Waals surface area (Å²) in [6.07, 6.45) is 4.05. The number of benzene rings is 1. The molecule has 1 amide bonds. The Morgan fingerprint density at radius 3 is 2.44 bits per heavy atom. The highest BCUT2D eigenvalue weighted by atomic mass is 79.9. The van der Waals surface area contributed by atoms with E-state index in [1.807, 2.05) is 0 Å². The molecule has 2 atom stereocenters. The van der Waals surface area contributed by atoms with Crippen LogP contribution in [-0.4, -0.2) is 32.2 Å². The monoisotopic (exact) mass is 437 g/mol. The van der Waals surface area contributed by atoms with Crippen LogP contribution in [0.3, 0.4) is 0 Å². The minimum Gasteiger partial charge on any atom is -0.493 e. The lowest BCUT2D eigenvalue weighted by Crippen LogP contribution is -2.42. The first-order chi connectivity index (χ1) is 12.9. The summed E-state index contributed by atoms with van der Waals surface area (Å²) in [6, 6.07) is 3.58. The van der Waals surface area contributed by atoms with Gasteiger partial charge in [-0.1, -0.05) is 22.5 Å². The molecule has 2 fully saturated rings. The number of carbonyl (C=O) groups excluding carboxylic acids is 2. The summed E-state index contributed by atoms with van der Waals surface area (Å²) in [6.45, 7) is 3.92. The molecule has 1 saturated heterocycles. The number of amides is 1. The van der Waals surface area contributed by atoms with Gasteiger partial charge in [0.05, 0.1) is 14.2 Å². The number of rotatable bonds is 5. The molecule has 0 radical (unpaired) electrons. The standard InChI is InChI=1S/C20H24BrNO5/c1-11-19(20(24)27-12-6-4-5-7-12)14(9-18(23)22-11)13-8-16(25-2)17(26-3)10-15(13)21/h8,10,12,14,19H,1,4-7,9H2,2-3H3,(H,22,23). The zero-order valence-electron chi connectivity index (χ0n) is 15.5. The smallest absolute Gasteiger partial charge is 0.315 e. The zero-order valence-corrected chi connectivity index (χ0v) is 17.1. The van der Waals surface area contributed by atoms with E-state index in [9.17, 15) is 9.59 Å². The third kappa shape index (κ3) is 4.13. The normalized spacial score (nSPS) is 23.1. The van der Waals surface area contributed by atoms with Crippen LogP contribution in [0.1, 0.15) is 43.6 Å². The molecule has 0 aromatic heterocycles. The minimum atomic E-state index is -0.641. The fourth-order valence-electron chi connectivity index (χ4n) is 3.86. The van der Waals surface area contributed by atoms with E-state index in [2.05, 4.69) is 27.8 Å². The molecule has 1 aromatic rings. The van der Waals surface area contributed by atoms with Crippen LogP contribution in [0.5, 0.6) is 11.5 Å². The molecule has 0 spiro atoms. The summed E-state index contributed by atoms with van der Waals surface area (Å²) < 4.78 is 17.2. The molecule has 27 heavy (non-hydrogen) atoms. The first kappa shape index (κ1) is 19.7. The average Bonchev–Trinajstić information content (AvgIpc) is 3.13. The molecule has 146 valence electrons. The second-order valence-electron chi connectivity index (χ2n) is 6.93. The molecule has 3 rings (SSSR count). The van der Waals surface area contributed by atoms with Crippen molar-refractivity contribution < 1.29 is 23.8 Å². The maximum absolute atomic E-state index is 12.9. The second-order valence-corrected chi connectivity index (χ2v) is 7.79. The molecule has 1 saturated carbocycles. The van der Waals surface area contributed by atoms with E-state index in [4.69, 9.17) is 14.2 Å². The van der Waals surface area contributed by atoms with E-state index >= 15 is 0 Å². The van der Waals surface area contributed by atoms with Gasteiger partial charge in [0, 0.05) is 22.5 Å². The predicted octanol–water partition coefficient (Wildman–Crippen LogP) is 3.69. The summed E-state index contributed by atoms with van der Waals surface area (Å²) >= 11 is 3.54. The van der Waals surface area contributed by atoms with Crippen LogP contribution < -0.4 is 14.8 Å². The Balaban J connectivity index is 1.95. The fourth-order valence-corrected chi connectivity index (χ4v) is 4.48. The van der Waals surface area contributed by atoms with Crippen LogP contribution in [0.15, 0.2) is 28.9 Å². The highest BCUT2D eigenvalue weighted by molar-refractivity contribution is 9.10. The Hall–Kier alpha value is -2.02. The molecule has 1 heterocycles. The Morgan fingerprint density at radius 2 is 1.81 bits per heavy atom. The number of halogens is 1. The number of hydrogen-bond acceptors (Lipinski definition) is 5. The molecule has 2 aliphatic rings. The number of nitrogens with one attached hydrogen (secondary N) is 1. The van der Waals surface area contributed by atoms with Gasteiger partial charge in [-0.2, -0.15) is 0 Å². The number of esters is 1. The van der Waals surface area contributed by atoms with Crippen molar-refractivity contribution in [2.24, 2.45) is 5.92 Å². The van der Waals surface area contributed by atoms with Gasteiger partial charge in [-0.3, -0.25) is 9.59 Å². The number of ether oxygens (including phenoxy) is 3. The van der Waals surface area contributed by atoms with Crippen molar-refractivity contribution in [2.75, 3.05) is 14.2 Å². The van der Waals surface area contributed by atoms with Crippen LogP contribution in [0, 0.1) is 5.92 Å². The summed E-state index contributed by atoms with van der Waals surface area (Å²) in [5.41, 5.74) is 1.16. The maximum atomic E-state index is 12.9. The van der Waals surface area contributed by atoms with Gasteiger partial charge >= 0.3 is 5.97 Å². The van der Waals surface area contributed by atoms with Crippen molar-refractivity contribution in [3.05, 3.63) is 34.4 Å². The van der Waals surface area contributed by atoms with Gasteiger partial charge in [-0.25, -0.2) is 0 Å². The van der Waals surface area contributed by atoms with Gasteiger partial charge in [-0.15, -0.1) is 0 Å². The molecule has 0 bridgehead atoms. The van der Waals surface area contributed by atoms with Crippen molar-refractivity contribution in [3.8, 4) is 11.5 Å². The third-order valence-electron chi connectivity index (χ3n) is 5.22. The highest BCUT2D eigenvalue weighted by Gasteiger charge is 2.41. The van der Waals surface area contributed by atoms with Gasteiger partial charge in [0.2, 0.25) is 5.91 Å². The van der Waals surface area contributed by atoms with E-state index < -0.39 is 11.8 Å². The molecule has 1 aliphatic heterocycles. The summed E-state index contributed by atoms with van der Waals surface area (Å²) in [5, 5.41) is 2.70. The number of hydrogen-bond donors (Lipinski definition) is 1. The lowest BCUT2D eigenvalue weighted by Gasteiger charge is -2.33. The van der Waals surface area contributed by atoms with Gasteiger partial charge in [-0.05, 0) is 43.4 Å². The molecule has 1 aliphatic carbocycles. The van der Waals surface area contributed by atoms with Gasteiger partial charge < -0.3 is 19.5 Å². The van der Waals surface area contributed by atoms with Crippen LogP contribution in [0.25, 0.3) is 0 Å². The predicted molar refractivity (Wildman–Crippen MR) is 104 cm³/mol. The van der Waals surface area contributed by atoms with E-state index in [0.29, 0.717) is 17.2 Å². The first-order valence-corrected chi connectivity index (χ1v) is 9.84. The first-order valence-electron chi connectivity index (χ1n) is 9.05. The van der Waals surface area contributed by atoms with E-state index in [1.54, 1.807) is 26.4 Å². The third-order valence-corrected chi connectivity index (χ3v) is 5.91. The van der Waals surface area contributed by atoms with Crippen LogP contribution in [-0.2, 0) is 14.3 Å². The van der Waals surface area contributed by atoms with E-state index in [0.717, 1.165) is 35.7 Å². The summed E-state index contributed by atoms with van der Waals surface area (Å²) in [7, 11) is 3.11. The molecule has 2 unspecified atom stereocenters. The van der Waals surface area contributed by atoms with Crippen molar-refractivity contribution in [3.63, 3.8) is 0 Å². The number of methoxy groups -OCH3 is 2. The summed E-state index contributed by atoms with van der Waals surface area (Å²) in [5.74, 6) is -0.435. The van der Waals surface area contributed by atoms with Crippen molar-refractivity contribution in [1.82, 2.24) is 5.32 Å². The van der Waals surface area contributed by atoms with Gasteiger partial charge in [0.25, 0.3) is 0 Å². The Bertz CT molecular complexity index is 757. The van der Waals surface area contributed by atoms with Crippen molar-refractivity contribution in [2.45, 2.75) is 44.1 Å². The Morgan fingerprint density at radius 1 is 1.19 bits per heavy atom. The van der Waals surface area contributed by atoms with Crippen molar-refractivity contribution >= 4 is 27.8 Å². The highest BCUT2D eigenvalue weighted by Crippen LogP contribution is 2.43. The lowest BCUT2D eigenvalue weighted by atomic mass is 9.79. The SMILES string of the molecule is C=C1NC(=O)CC(c2cc(OC)c(OC)cc2Br)C1C(=O)OC1CCCC1. The maximum Gasteiger partial charge on any atom is 0.315 e. The lowest BCUT2D eigenvalue weighted by molar-refractivity contribution is -0.154. The number of piperidine rings is 1. The van der Waals surface area contributed by atoms with Gasteiger partial charge in [0.1, 0.15) is 12.0 Å². The quantitative estimate of drug-likeness (QED) is 0.710. The molecule has 7 heteroatoms. The second kappa shape index (κ2) is 8.33. The largest absolute Gasteiger partial charge is 0.493 e. The minimum absolute atomic E-state index is 0.0441. The molecular weight excluding hydrogens is 414 g/mol. The van der Waals surface area contributed by atoms with Crippen LogP contribution >= 0.6 is 15.9 Å². The molecule has 6 nitrogen and oxygen atoms in total. The van der Waals surface area contributed by atoms with E-state index in [1.165, 1.54) is 0 Å². The van der Waals surface area contributed by atoms with E-state index in [-0.39, 0.29) is 24.4 Å². The van der Waals surface area contributed by atoms with Crippen LogP contribution in [0.2, 0.25) is 0 Å². The molecule has 1 N–H and O–H groups in total. The average molecular weight is 438 g/mol. The Labute approximate surface area is 167 Å².